The molecule has 114 valence electrons. The minimum Gasteiger partial charge on any atom is -0.493 e. The maximum atomic E-state index is 11.8. The number of amides is 1. The van der Waals surface area contributed by atoms with Crippen LogP contribution in [0.25, 0.3) is 0 Å². The molecule has 0 fully saturated rings. The van der Waals surface area contributed by atoms with Crippen molar-refractivity contribution in [2.45, 2.75) is 0 Å². The first-order valence-corrected chi connectivity index (χ1v) is 6.64. The van der Waals surface area contributed by atoms with E-state index < -0.39 is 0 Å². The van der Waals surface area contributed by atoms with Crippen LogP contribution in [0.5, 0.6) is 11.5 Å². The number of para-hydroxylation sites is 2. The van der Waals surface area contributed by atoms with Gasteiger partial charge < -0.3 is 15.2 Å². The molecule has 3 N–H and O–H groups in total. The topological polar surface area (TPSA) is 85.9 Å². The zero-order chi connectivity index (χ0) is 15.8. The van der Waals surface area contributed by atoms with Gasteiger partial charge in [-0.1, -0.05) is 30.3 Å². The van der Waals surface area contributed by atoms with Gasteiger partial charge in [-0.2, -0.15) is 5.10 Å². The molecule has 0 aliphatic heterocycles. The molecule has 0 atom stereocenters. The molecule has 0 unspecified atom stereocenters. The molecule has 1 amide bonds. The summed E-state index contributed by atoms with van der Waals surface area (Å²) in [6.07, 6.45) is 0. The molecular formula is C16H17N3O3. The van der Waals surface area contributed by atoms with E-state index in [2.05, 4.69) is 10.5 Å². The van der Waals surface area contributed by atoms with Gasteiger partial charge in [-0.05, 0) is 24.3 Å². The van der Waals surface area contributed by atoms with E-state index in [1.807, 2.05) is 18.2 Å². The van der Waals surface area contributed by atoms with Crippen LogP contribution in [0.3, 0.4) is 0 Å². The summed E-state index contributed by atoms with van der Waals surface area (Å²) in [6.45, 7) is 0.0371. The number of rotatable bonds is 6. The zero-order valence-electron chi connectivity index (χ0n) is 12.2. The quantitative estimate of drug-likeness (QED) is 0.483. The number of hydrazone groups is 1. The molecule has 0 aromatic heterocycles. The first-order chi connectivity index (χ1) is 10.7. The van der Waals surface area contributed by atoms with Crippen LogP contribution in [0.4, 0.5) is 0 Å². The second-order valence-electron chi connectivity index (χ2n) is 4.35. The summed E-state index contributed by atoms with van der Waals surface area (Å²) < 4.78 is 10.7. The van der Waals surface area contributed by atoms with Gasteiger partial charge in [-0.25, -0.2) is 5.43 Å². The van der Waals surface area contributed by atoms with Crippen LogP contribution >= 0.6 is 0 Å². The predicted octanol–water partition coefficient (Wildman–Crippen LogP) is 1.78. The van der Waals surface area contributed by atoms with E-state index in [-0.39, 0.29) is 18.3 Å². The Labute approximate surface area is 128 Å². The monoisotopic (exact) mass is 299 g/mol. The number of carbonyl (C=O) groups is 1. The first kappa shape index (κ1) is 15.4. The average Bonchev–Trinajstić information content (AvgIpc) is 2.58. The van der Waals surface area contributed by atoms with E-state index in [1.165, 1.54) is 0 Å². The molecule has 0 spiro atoms. The lowest BCUT2D eigenvalue weighted by Crippen LogP contribution is -2.27. The van der Waals surface area contributed by atoms with Crippen LogP contribution in [-0.2, 0) is 0 Å². The number of nitrogens with one attached hydrogen (secondary N) is 1. The van der Waals surface area contributed by atoms with E-state index in [9.17, 15) is 4.79 Å². The van der Waals surface area contributed by atoms with Crippen LogP contribution in [0.2, 0.25) is 0 Å². The number of amidine groups is 1. The van der Waals surface area contributed by atoms with Gasteiger partial charge in [0.25, 0.3) is 5.91 Å². The molecule has 0 aliphatic carbocycles. The molecule has 6 heteroatoms. The van der Waals surface area contributed by atoms with Gasteiger partial charge in [0.1, 0.15) is 6.61 Å². The van der Waals surface area contributed by atoms with Crippen molar-refractivity contribution in [3.05, 3.63) is 60.2 Å². The summed E-state index contributed by atoms with van der Waals surface area (Å²) in [7, 11) is 1.56. The highest BCUT2D eigenvalue weighted by atomic mass is 16.5. The Morgan fingerprint density at radius 1 is 1.09 bits per heavy atom. The summed E-state index contributed by atoms with van der Waals surface area (Å²) in [5.41, 5.74) is 8.59. The molecular weight excluding hydrogens is 282 g/mol. The Morgan fingerprint density at radius 2 is 1.73 bits per heavy atom. The molecule has 0 saturated carbocycles. The highest BCUT2D eigenvalue weighted by molar-refractivity contribution is 5.95. The Balaban J connectivity index is 1.89. The minimum atomic E-state index is -0.333. The third-order valence-corrected chi connectivity index (χ3v) is 2.78. The largest absolute Gasteiger partial charge is 0.493 e. The van der Waals surface area contributed by atoms with Crippen molar-refractivity contribution in [3.63, 3.8) is 0 Å². The maximum Gasteiger partial charge on any atom is 0.271 e. The Morgan fingerprint density at radius 3 is 2.41 bits per heavy atom. The van der Waals surface area contributed by atoms with Crippen molar-refractivity contribution >= 4 is 11.7 Å². The fourth-order valence-electron chi connectivity index (χ4n) is 1.70. The molecule has 0 bridgehead atoms. The number of hydrogen-bond donors (Lipinski definition) is 2. The van der Waals surface area contributed by atoms with Crippen molar-refractivity contribution in [1.82, 2.24) is 5.43 Å². The van der Waals surface area contributed by atoms with Crippen LogP contribution in [0.1, 0.15) is 10.4 Å². The fraction of sp³-hybridized carbons (Fsp3) is 0.125. The number of carbonyl (C=O) groups excluding carboxylic acids is 1. The summed E-state index contributed by atoms with van der Waals surface area (Å²) >= 11 is 0. The zero-order valence-corrected chi connectivity index (χ0v) is 12.2. The lowest BCUT2D eigenvalue weighted by molar-refractivity contribution is 0.0954. The number of benzene rings is 2. The summed E-state index contributed by atoms with van der Waals surface area (Å²) in [5.74, 6) is 0.970. The second kappa shape index (κ2) is 7.68. The third-order valence-electron chi connectivity index (χ3n) is 2.78. The van der Waals surface area contributed by atoms with Crippen molar-refractivity contribution in [2.75, 3.05) is 13.7 Å². The van der Waals surface area contributed by atoms with Crippen LogP contribution in [-0.4, -0.2) is 25.5 Å². The molecule has 0 heterocycles. The van der Waals surface area contributed by atoms with Gasteiger partial charge in [-0.3, -0.25) is 4.79 Å². The predicted molar refractivity (Wildman–Crippen MR) is 84.0 cm³/mol. The van der Waals surface area contributed by atoms with Gasteiger partial charge >= 0.3 is 0 Å². The lowest BCUT2D eigenvalue weighted by atomic mass is 10.2. The number of methoxy groups -OCH3 is 1. The molecule has 2 aromatic carbocycles. The fourth-order valence-corrected chi connectivity index (χ4v) is 1.70. The van der Waals surface area contributed by atoms with Crippen molar-refractivity contribution in [1.29, 1.82) is 0 Å². The molecule has 2 rings (SSSR count). The van der Waals surface area contributed by atoms with Gasteiger partial charge in [0.2, 0.25) is 0 Å². The smallest absolute Gasteiger partial charge is 0.271 e. The number of hydrogen-bond acceptors (Lipinski definition) is 4. The van der Waals surface area contributed by atoms with E-state index in [4.69, 9.17) is 15.2 Å². The lowest BCUT2D eigenvalue weighted by Gasteiger charge is -2.09. The first-order valence-electron chi connectivity index (χ1n) is 6.64. The van der Waals surface area contributed by atoms with Gasteiger partial charge in [0, 0.05) is 5.56 Å². The van der Waals surface area contributed by atoms with Gasteiger partial charge in [0.05, 0.1) is 7.11 Å². The van der Waals surface area contributed by atoms with E-state index in [0.29, 0.717) is 17.1 Å². The summed E-state index contributed by atoms with van der Waals surface area (Å²) in [6, 6.07) is 15.9. The number of ether oxygens (including phenoxy) is 2. The minimum absolute atomic E-state index is 0.0371. The molecule has 0 saturated heterocycles. The molecule has 0 aliphatic rings. The number of nitrogens with two attached hydrogens (primary N) is 1. The van der Waals surface area contributed by atoms with Gasteiger partial charge in [-0.15, -0.1) is 0 Å². The second-order valence-corrected chi connectivity index (χ2v) is 4.35. The van der Waals surface area contributed by atoms with Crippen molar-refractivity contribution < 1.29 is 14.3 Å². The molecule has 0 radical (unpaired) electrons. The molecule has 2 aromatic rings. The standard InChI is InChI=1S/C16H17N3O3/c1-21-13-9-5-6-10-14(13)22-11-15(17)18-19-16(20)12-7-3-2-4-8-12/h2-10H,11H2,1H3,(H2,17,18)(H,19,20). The van der Waals surface area contributed by atoms with Crippen LogP contribution < -0.4 is 20.6 Å². The normalized spacial score (nSPS) is 10.9. The number of nitrogens with zero attached hydrogens (tertiary/aromatic N) is 1. The Hall–Kier alpha value is -3.02. The highest BCUT2D eigenvalue weighted by Gasteiger charge is 2.05. The molecule has 6 nitrogen and oxygen atoms in total. The molecule has 22 heavy (non-hydrogen) atoms. The summed E-state index contributed by atoms with van der Waals surface area (Å²) in [4.78, 5) is 11.8. The van der Waals surface area contributed by atoms with E-state index >= 15 is 0 Å². The third kappa shape index (κ3) is 4.24. The maximum absolute atomic E-state index is 11.8. The van der Waals surface area contributed by atoms with Crippen LogP contribution in [0, 0.1) is 0 Å². The van der Waals surface area contributed by atoms with Crippen molar-refractivity contribution in [3.8, 4) is 11.5 Å². The average molecular weight is 299 g/mol. The van der Waals surface area contributed by atoms with Gasteiger partial charge in [0.15, 0.2) is 17.3 Å². The van der Waals surface area contributed by atoms with E-state index in [0.717, 1.165) is 0 Å². The van der Waals surface area contributed by atoms with Crippen molar-refractivity contribution in [2.24, 2.45) is 10.8 Å². The van der Waals surface area contributed by atoms with E-state index in [1.54, 1.807) is 43.5 Å². The summed E-state index contributed by atoms with van der Waals surface area (Å²) in [5, 5.41) is 3.80. The SMILES string of the molecule is COc1ccccc1OC/C(N)=N/NC(=O)c1ccccc1. The Bertz CT molecular complexity index is 657. The van der Waals surface area contributed by atoms with Crippen LogP contribution in [0.15, 0.2) is 59.7 Å². The highest BCUT2D eigenvalue weighted by Crippen LogP contribution is 2.25. The Kier molecular flexibility index (Phi) is 5.37.